The predicted octanol–water partition coefficient (Wildman–Crippen LogP) is 0.951. The van der Waals surface area contributed by atoms with Crippen molar-refractivity contribution in [3.05, 3.63) is 59.9 Å². The fourth-order valence-electron chi connectivity index (χ4n) is 1.34. The highest BCUT2D eigenvalue weighted by atomic mass is 32.2. The molecule has 0 unspecified atom stereocenters. The van der Waals surface area contributed by atoms with Crippen LogP contribution in [0, 0.1) is 6.92 Å². The number of aryl methyl sites for hydroxylation is 1. The molecule has 9 nitrogen and oxygen atoms in total. The van der Waals surface area contributed by atoms with Gasteiger partial charge in [-0.25, -0.2) is 5.48 Å². The average Bonchev–Trinajstić information content (AvgIpc) is 2.56. The average molecular weight is 351 g/mol. The van der Waals surface area contributed by atoms with E-state index in [1.807, 2.05) is 13.0 Å². The van der Waals surface area contributed by atoms with Crippen molar-refractivity contribution in [3.63, 3.8) is 0 Å². The van der Waals surface area contributed by atoms with Gasteiger partial charge in [0.05, 0.1) is 11.1 Å². The summed E-state index contributed by atoms with van der Waals surface area (Å²) in [7, 11) is -4.02. The van der Waals surface area contributed by atoms with Crippen LogP contribution in [-0.2, 0) is 10.1 Å². The van der Waals surface area contributed by atoms with Gasteiger partial charge in [0.2, 0.25) is 5.96 Å². The summed E-state index contributed by atoms with van der Waals surface area (Å²) in [6.07, 6.45) is 4.75. The fraction of sp³-hybridized carbons (Fsp3) is 0.0714. The smallest absolute Gasteiger partial charge is 0.294 e. The first kappa shape index (κ1) is 19.2. The van der Waals surface area contributed by atoms with Gasteiger partial charge in [-0.15, -0.1) is 5.10 Å². The van der Waals surface area contributed by atoms with E-state index in [1.54, 1.807) is 36.1 Å². The monoisotopic (exact) mass is 351 g/mol. The summed E-state index contributed by atoms with van der Waals surface area (Å²) in [6, 6.07) is 9.58. The topological polar surface area (TPSA) is 150 Å². The van der Waals surface area contributed by atoms with Crippen LogP contribution in [0.25, 0.3) is 0 Å². The Hall–Kier alpha value is -2.82. The molecule has 5 N–H and O–H groups in total. The Bertz CT molecular complexity index is 790. The number of nitrogens with two attached hydrogens (primary N) is 1. The van der Waals surface area contributed by atoms with Gasteiger partial charge in [0, 0.05) is 18.0 Å². The number of pyridine rings is 1. The van der Waals surface area contributed by atoms with Crippen molar-refractivity contribution in [3.8, 4) is 0 Å². The third-order valence-electron chi connectivity index (χ3n) is 2.49. The van der Waals surface area contributed by atoms with Crippen LogP contribution in [0.2, 0.25) is 0 Å². The maximum Gasteiger partial charge on any atom is 0.294 e. The van der Waals surface area contributed by atoms with Gasteiger partial charge >= 0.3 is 0 Å². The highest BCUT2D eigenvalue weighted by molar-refractivity contribution is 7.85. The highest BCUT2D eigenvalue weighted by Crippen LogP contribution is 2.08. The third-order valence-corrected chi connectivity index (χ3v) is 3.36. The Labute approximate surface area is 139 Å². The second-order valence-corrected chi connectivity index (χ2v) is 5.84. The van der Waals surface area contributed by atoms with Crippen molar-refractivity contribution in [1.82, 2.24) is 10.5 Å². The number of hydroxylamine groups is 1. The van der Waals surface area contributed by atoms with E-state index >= 15 is 0 Å². The summed E-state index contributed by atoms with van der Waals surface area (Å²) in [4.78, 5) is 3.80. The van der Waals surface area contributed by atoms with E-state index in [2.05, 4.69) is 15.2 Å². The normalized spacial score (nSPS) is 11.7. The first-order valence-electron chi connectivity index (χ1n) is 6.53. The number of rotatable bonds is 3. The second kappa shape index (κ2) is 9.35. The van der Waals surface area contributed by atoms with E-state index in [1.165, 1.54) is 18.3 Å². The third kappa shape index (κ3) is 7.45. The molecule has 0 aliphatic rings. The Morgan fingerprint density at radius 3 is 2.46 bits per heavy atom. The lowest BCUT2D eigenvalue weighted by Gasteiger charge is -1.95. The van der Waals surface area contributed by atoms with Gasteiger partial charge in [-0.3, -0.25) is 14.7 Å². The van der Waals surface area contributed by atoms with Crippen LogP contribution < -0.4 is 11.2 Å². The van der Waals surface area contributed by atoms with Crippen LogP contribution in [0.5, 0.6) is 0 Å². The lowest BCUT2D eigenvalue weighted by molar-refractivity contribution is 0.232. The molecule has 0 fully saturated rings. The molecule has 0 bridgehead atoms. The van der Waals surface area contributed by atoms with Crippen LogP contribution in [0.1, 0.15) is 11.1 Å². The number of hydrogen-bond donors (Lipinski definition) is 4. The number of guanidine groups is 1. The first-order chi connectivity index (χ1) is 11.3. The quantitative estimate of drug-likeness (QED) is 0.278. The first-order valence-corrected chi connectivity index (χ1v) is 7.97. The van der Waals surface area contributed by atoms with Crippen molar-refractivity contribution >= 4 is 22.3 Å². The molecule has 24 heavy (non-hydrogen) atoms. The van der Waals surface area contributed by atoms with Crippen LogP contribution >= 0.6 is 0 Å². The minimum absolute atomic E-state index is 0.0666. The number of nitrogens with zero attached hydrogens (tertiary/aromatic N) is 3. The molecule has 0 aliphatic heterocycles. The van der Waals surface area contributed by atoms with Crippen molar-refractivity contribution in [2.45, 2.75) is 11.8 Å². The van der Waals surface area contributed by atoms with Crippen LogP contribution in [-0.4, -0.2) is 35.3 Å². The second-order valence-electron chi connectivity index (χ2n) is 4.42. The van der Waals surface area contributed by atoms with Gasteiger partial charge in [-0.05, 0) is 25.1 Å². The van der Waals surface area contributed by atoms with Crippen LogP contribution in [0.15, 0.2) is 63.9 Å². The van der Waals surface area contributed by atoms with E-state index in [9.17, 15) is 8.42 Å². The van der Waals surface area contributed by atoms with E-state index in [-0.39, 0.29) is 10.9 Å². The molecule has 0 radical (unpaired) electrons. The SMILES string of the molecule is Cc1ccc(S(=O)(=O)O)cc1.NC(=NN=Cc1cccnc1)NO. The molecule has 1 heterocycles. The van der Waals surface area contributed by atoms with Crippen molar-refractivity contribution in [2.24, 2.45) is 15.9 Å². The van der Waals surface area contributed by atoms with E-state index in [4.69, 9.17) is 15.5 Å². The lowest BCUT2D eigenvalue weighted by atomic mass is 10.2. The van der Waals surface area contributed by atoms with Crippen molar-refractivity contribution in [2.75, 3.05) is 0 Å². The highest BCUT2D eigenvalue weighted by Gasteiger charge is 2.06. The van der Waals surface area contributed by atoms with Crippen LogP contribution in [0.4, 0.5) is 0 Å². The standard InChI is InChI=1S/C7H9N5O.C7H8O3S/c8-7(12-13)11-10-5-6-2-1-3-9-4-6;1-6-2-4-7(5-3-6)11(8,9)10/h1-5,13H,(H3,8,11,12);2-5H,1H3,(H,8,9,10). The molecule has 0 spiro atoms. The van der Waals surface area contributed by atoms with E-state index in [0.29, 0.717) is 0 Å². The Kier molecular flexibility index (Phi) is 7.49. The van der Waals surface area contributed by atoms with Gasteiger partial charge in [0.25, 0.3) is 10.1 Å². The van der Waals surface area contributed by atoms with E-state index < -0.39 is 10.1 Å². The minimum atomic E-state index is -4.02. The summed E-state index contributed by atoms with van der Waals surface area (Å²) in [5.74, 6) is -0.167. The predicted molar refractivity (Wildman–Crippen MR) is 89.4 cm³/mol. The molecule has 2 rings (SSSR count). The Morgan fingerprint density at radius 1 is 1.29 bits per heavy atom. The van der Waals surface area contributed by atoms with Gasteiger partial charge in [-0.2, -0.15) is 13.5 Å². The zero-order chi connectivity index (χ0) is 18.0. The van der Waals surface area contributed by atoms with Gasteiger partial charge in [0.1, 0.15) is 0 Å². The van der Waals surface area contributed by atoms with E-state index in [0.717, 1.165) is 11.1 Å². The molecule has 1 aromatic carbocycles. The molecular weight excluding hydrogens is 334 g/mol. The largest absolute Gasteiger partial charge is 0.367 e. The molecule has 128 valence electrons. The molecular formula is C14H17N5O4S. The summed E-state index contributed by atoms with van der Waals surface area (Å²) < 4.78 is 29.6. The molecule has 1 aromatic heterocycles. The van der Waals surface area contributed by atoms with Crippen molar-refractivity contribution in [1.29, 1.82) is 0 Å². The fourth-order valence-corrected chi connectivity index (χ4v) is 1.82. The molecule has 10 heteroatoms. The molecule has 2 aromatic rings. The number of hydrogen-bond acceptors (Lipinski definition) is 6. The maximum atomic E-state index is 10.5. The van der Waals surface area contributed by atoms with Crippen molar-refractivity contribution < 1.29 is 18.2 Å². The molecule has 0 saturated carbocycles. The summed E-state index contributed by atoms with van der Waals surface area (Å²) in [5, 5.41) is 15.2. The van der Waals surface area contributed by atoms with Crippen LogP contribution in [0.3, 0.4) is 0 Å². The number of nitrogens with one attached hydrogen (secondary N) is 1. The van der Waals surface area contributed by atoms with Gasteiger partial charge < -0.3 is 5.73 Å². The zero-order valence-electron chi connectivity index (χ0n) is 12.7. The Balaban J connectivity index is 0.000000243. The summed E-state index contributed by atoms with van der Waals surface area (Å²) >= 11 is 0. The van der Waals surface area contributed by atoms with Gasteiger partial charge in [0.15, 0.2) is 0 Å². The zero-order valence-corrected chi connectivity index (χ0v) is 13.6. The molecule has 0 aliphatic carbocycles. The number of aromatic nitrogens is 1. The maximum absolute atomic E-state index is 10.5. The summed E-state index contributed by atoms with van der Waals surface area (Å²) in [6.45, 7) is 1.84. The Morgan fingerprint density at radius 2 is 1.96 bits per heavy atom. The van der Waals surface area contributed by atoms with Gasteiger partial charge in [-0.1, -0.05) is 23.8 Å². The molecule has 0 amide bonds. The number of benzene rings is 1. The lowest BCUT2D eigenvalue weighted by Crippen LogP contribution is -2.27. The summed E-state index contributed by atoms with van der Waals surface area (Å²) in [5.41, 5.74) is 8.50. The molecule has 0 saturated heterocycles. The minimum Gasteiger partial charge on any atom is -0.367 e. The molecule has 0 atom stereocenters.